The molecule has 0 aliphatic carbocycles. The predicted octanol–water partition coefficient (Wildman–Crippen LogP) is -1.78. The molecule has 27 heteroatoms. The highest BCUT2D eigenvalue weighted by atomic mass is 16.9. The average molecular weight is 1030 g/mol. The van der Waals surface area contributed by atoms with E-state index in [0.717, 1.165) is 7.11 Å². The van der Waals surface area contributed by atoms with Crippen LogP contribution in [0.3, 0.4) is 0 Å². The van der Waals surface area contributed by atoms with Crippen molar-refractivity contribution in [1.29, 1.82) is 0 Å². The molecular formula is C45H72N6O21. The van der Waals surface area contributed by atoms with E-state index in [0.29, 0.717) is 0 Å². The van der Waals surface area contributed by atoms with Gasteiger partial charge in [-0.2, -0.15) is 0 Å². The zero-order valence-corrected chi connectivity index (χ0v) is 43.0. The maximum atomic E-state index is 13.7. The Labute approximate surface area is 417 Å². The molecule has 6 rings (SSSR count). The summed E-state index contributed by atoms with van der Waals surface area (Å²) in [5, 5.41) is 15.7. The van der Waals surface area contributed by atoms with Gasteiger partial charge in [-0.25, -0.2) is 4.79 Å². The Morgan fingerprint density at radius 1 is 0.472 bits per heavy atom. The number of nitrogens with one attached hydrogen (secondary N) is 6. The lowest BCUT2D eigenvalue weighted by Gasteiger charge is -2.31. The summed E-state index contributed by atoms with van der Waals surface area (Å²) in [6, 6.07) is -3.29. The number of carbonyl (C=O) groups excluding carboxylic acids is 7. The molecule has 72 heavy (non-hydrogen) atoms. The Balaban J connectivity index is 1.11. The fraction of sp³-hybridized carbons (Fsp3) is 0.844. The van der Waals surface area contributed by atoms with Gasteiger partial charge in [-0.1, -0.05) is 0 Å². The minimum Gasteiger partial charge on any atom is -0.468 e. The molecule has 6 heterocycles. The van der Waals surface area contributed by atoms with Crippen LogP contribution in [0.15, 0.2) is 0 Å². The lowest BCUT2D eigenvalue weighted by atomic mass is 9.99. The fourth-order valence-electron chi connectivity index (χ4n) is 9.43. The van der Waals surface area contributed by atoms with Crippen LogP contribution in [0.4, 0.5) is 4.79 Å². The largest absolute Gasteiger partial charge is 0.468 e. The van der Waals surface area contributed by atoms with E-state index in [-0.39, 0.29) is 6.42 Å². The van der Waals surface area contributed by atoms with Crippen molar-refractivity contribution >= 4 is 41.6 Å². The van der Waals surface area contributed by atoms with E-state index in [4.69, 9.17) is 61.6 Å². The van der Waals surface area contributed by atoms with Gasteiger partial charge in [0.2, 0.25) is 29.5 Å². The van der Waals surface area contributed by atoms with Crippen LogP contribution in [-0.2, 0) is 95.1 Å². The van der Waals surface area contributed by atoms with Crippen molar-refractivity contribution < 1.29 is 99.9 Å². The third-order valence-corrected chi connectivity index (χ3v) is 12.2. The van der Waals surface area contributed by atoms with Crippen LogP contribution < -0.4 is 31.9 Å². The highest BCUT2D eigenvalue weighted by Crippen LogP contribution is 2.42. The Hall–Kier alpha value is -4.39. The second kappa shape index (κ2) is 23.0. The average Bonchev–Trinajstić information content (AvgIpc) is 4.08. The molecule has 15 atom stereocenters. The van der Waals surface area contributed by atoms with Crippen LogP contribution in [0.2, 0.25) is 0 Å². The van der Waals surface area contributed by atoms with Gasteiger partial charge in [0.1, 0.15) is 67.1 Å². The summed E-state index contributed by atoms with van der Waals surface area (Å²) in [7, 11) is 5.41. The molecule has 0 spiro atoms. The molecule has 0 aromatic heterocycles. The molecule has 408 valence electrons. The van der Waals surface area contributed by atoms with Gasteiger partial charge in [0.25, 0.3) is 0 Å². The van der Waals surface area contributed by atoms with E-state index >= 15 is 0 Å². The number of amides is 6. The lowest BCUT2D eigenvalue weighted by molar-refractivity contribution is -0.220. The first-order valence-electron chi connectivity index (χ1n) is 23.7. The van der Waals surface area contributed by atoms with E-state index in [1.54, 1.807) is 62.3 Å². The topological polar surface area (TPSA) is 321 Å². The number of fused-ring (bicyclic) bond motifs is 3. The molecule has 6 aliphatic rings. The zero-order chi connectivity index (χ0) is 53.1. The molecule has 6 amide bonds. The molecular weight excluding hydrogens is 961 g/mol. The maximum Gasteiger partial charge on any atom is 0.407 e. The van der Waals surface area contributed by atoms with Gasteiger partial charge in [0.05, 0.1) is 38.3 Å². The van der Waals surface area contributed by atoms with Crippen LogP contribution in [0.1, 0.15) is 81.6 Å². The van der Waals surface area contributed by atoms with E-state index in [2.05, 4.69) is 36.6 Å². The first-order valence-corrected chi connectivity index (χ1v) is 23.7. The minimum absolute atomic E-state index is 0.387. The Morgan fingerprint density at radius 2 is 0.792 bits per heavy atom. The number of hydrogen-bond acceptors (Lipinski definition) is 21. The number of carbonyl (C=O) groups is 7. The van der Waals surface area contributed by atoms with Crippen molar-refractivity contribution in [3.05, 3.63) is 0 Å². The van der Waals surface area contributed by atoms with Crippen molar-refractivity contribution in [1.82, 2.24) is 31.9 Å². The van der Waals surface area contributed by atoms with Gasteiger partial charge in [-0.3, -0.25) is 28.8 Å². The lowest BCUT2D eigenvalue weighted by Crippen LogP contribution is -2.55. The normalized spacial score (nSPS) is 32.8. The fourth-order valence-corrected chi connectivity index (χ4v) is 9.43. The predicted molar refractivity (Wildman–Crippen MR) is 240 cm³/mol. The molecule has 6 aliphatic heterocycles. The van der Waals surface area contributed by atoms with Crippen molar-refractivity contribution in [2.75, 3.05) is 48.1 Å². The van der Waals surface area contributed by atoms with Crippen molar-refractivity contribution in [3.63, 3.8) is 0 Å². The smallest absolute Gasteiger partial charge is 0.407 e. The Morgan fingerprint density at radius 3 is 1.10 bits per heavy atom. The van der Waals surface area contributed by atoms with Crippen molar-refractivity contribution in [3.8, 4) is 0 Å². The van der Waals surface area contributed by atoms with Gasteiger partial charge < -0.3 is 98.2 Å². The second-order valence-corrected chi connectivity index (χ2v) is 20.4. The van der Waals surface area contributed by atoms with Crippen LogP contribution in [0.5, 0.6) is 0 Å². The van der Waals surface area contributed by atoms with Gasteiger partial charge in [0, 0.05) is 40.6 Å². The number of alkyl carbamates (subject to hydrolysis) is 1. The minimum atomic E-state index is -1.16. The Kier molecular flexibility index (Phi) is 18.2. The van der Waals surface area contributed by atoms with Gasteiger partial charge >= 0.3 is 12.1 Å². The number of methoxy groups -OCH3 is 4. The van der Waals surface area contributed by atoms with E-state index < -0.39 is 189 Å². The SMILES string of the molecule is COC(=O)CNC(=O)C[C@H](NC(=O)CNC(=O)C[C@H](NC(=O)CNC(=O)C[C@H](NC(=O)OC(C)(C)C)[C@H]1O[C@@H]2OC(C)(C)O[C@@H]2[C@H]1OC)[C@H]1O[C@@H]2OC(C)(C)O[C@@H]2[C@H]1OC)[C@H]1O[C@@H]2OC(C)(C)O[C@@H]2[C@H]1OC. The number of esters is 1. The second-order valence-electron chi connectivity index (χ2n) is 20.4. The Bertz CT molecular complexity index is 1980. The van der Waals surface area contributed by atoms with Crippen LogP contribution in [0.25, 0.3) is 0 Å². The third kappa shape index (κ3) is 14.5. The highest BCUT2D eigenvalue weighted by Gasteiger charge is 2.60. The van der Waals surface area contributed by atoms with Crippen molar-refractivity contribution in [2.45, 2.75) is 196 Å². The highest BCUT2D eigenvalue weighted by molar-refractivity contribution is 5.88. The van der Waals surface area contributed by atoms with E-state index in [9.17, 15) is 33.6 Å². The summed E-state index contributed by atoms with van der Waals surface area (Å²) in [5.41, 5.74) is -0.879. The molecule has 6 saturated heterocycles. The van der Waals surface area contributed by atoms with Gasteiger partial charge in [-0.05, 0) is 62.3 Å². The summed E-state index contributed by atoms with van der Waals surface area (Å²) in [4.78, 5) is 92.4. The third-order valence-electron chi connectivity index (χ3n) is 12.2. The molecule has 0 aromatic rings. The molecule has 27 nitrogen and oxygen atoms in total. The molecule has 0 saturated carbocycles. The molecule has 6 fully saturated rings. The summed E-state index contributed by atoms with van der Waals surface area (Å²) in [6.45, 7) is 13.6. The van der Waals surface area contributed by atoms with Crippen LogP contribution in [-0.4, -0.2) is 205 Å². The first-order chi connectivity index (χ1) is 33.6. The van der Waals surface area contributed by atoms with Crippen LogP contribution >= 0.6 is 0 Å². The van der Waals surface area contributed by atoms with E-state index in [1.165, 1.54) is 21.3 Å². The van der Waals surface area contributed by atoms with Gasteiger partial charge in [0.15, 0.2) is 36.2 Å². The number of hydrogen-bond donors (Lipinski definition) is 6. The monoisotopic (exact) mass is 1030 g/mol. The summed E-state index contributed by atoms with van der Waals surface area (Å²) in [5.74, 6) is -7.25. The quantitative estimate of drug-likeness (QED) is 0.0692. The molecule has 0 aromatic carbocycles. The number of rotatable bonds is 21. The molecule has 0 bridgehead atoms. The van der Waals surface area contributed by atoms with Gasteiger partial charge in [-0.15, -0.1) is 0 Å². The van der Waals surface area contributed by atoms with Crippen LogP contribution in [0, 0.1) is 0 Å². The summed E-state index contributed by atoms with van der Waals surface area (Å²) < 4.78 is 81.4. The molecule has 0 radical (unpaired) electrons. The van der Waals surface area contributed by atoms with E-state index in [1.807, 2.05) is 0 Å². The summed E-state index contributed by atoms with van der Waals surface area (Å²) in [6.07, 6.45) is -12.4. The maximum absolute atomic E-state index is 13.7. The molecule has 6 N–H and O–H groups in total. The number of ether oxygens (including phenoxy) is 14. The zero-order valence-electron chi connectivity index (χ0n) is 43.0. The summed E-state index contributed by atoms with van der Waals surface area (Å²) >= 11 is 0. The standard InChI is InChI=1S/C45H72N6O21/c1-42(2,3)72-41(58)51-22(31-34(62-13)37-40(65-31)71-45(8,9)68-37)16-24(53)47-18-27(56)49-20(29-32(60-11)35-38(63-29)69-43(4,5)66-35)14-23(52)46-17-26(55)50-21(15-25(54)48-19-28(57)59-10)30-33(61-12)36-39(64-30)70-44(6,7)67-36/h20-22,29-40H,14-19H2,1-13H3,(H,46,52)(H,47,53)(H,48,54)(H,49,56)(H,50,55)(H,51,58)/t20-,21-,22-,29+,30+,31+,32-,33-,34-,35+,36+,37+,38+,39+,40+/m0/s1. The molecule has 0 unspecified atom stereocenters. The first kappa shape index (κ1) is 56.9. The van der Waals surface area contributed by atoms with Crippen molar-refractivity contribution in [2.24, 2.45) is 0 Å².